The summed E-state index contributed by atoms with van der Waals surface area (Å²) in [4.78, 5) is 41.2. The highest BCUT2D eigenvalue weighted by atomic mass is 16.2. The molecule has 3 amide bonds. The van der Waals surface area contributed by atoms with E-state index >= 15 is 0 Å². The average Bonchev–Trinajstić information content (AvgIpc) is 2.79. The summed E-state index contributed by atoms with van der Waals surface area (Å²) >= 11 is 0. The largest absolute Gasteiger partial charge is 0.348 e. The summed E-state index contributed by atoms with van der Waals surface area (Å²) in [7, 11) is 0. The third kappa shape index (κ3) is 6.50. The number of pyridine rings is 1. The van der Waals surface area contributed by atoms with Crippen LogP contribution in [0.25, 0.3) is 0 Å². The lowest BCUT2D eigenvalue weighted by molar-refractivity contribution is -0.136. The monoisotopic (exact) mass is 416 g/mol. The highest BCUT2D eigenvalue weighted by molar-refractivity contribution is 6.40. The van der Waals surface area contributed by atoms with Crippen LogP contribution in [0.3, 0.4) is 0 Å². The molecule has 0 saturated heterocycles. The van der Waals surface area contributed by atoms with Gasteiger partial charge in [0.15, 0.2) is 0 Å². The van der Waals surface area contributed by atoms with Gasteiger partial charge >= 0.3 is 11.8 Å². The molecule has 1 aromatic heterocycles. The number of anilines is 1. The summed E-state index contributed by atoms with van der Waals surface area (Å²) in [5.74, 6) is -1.95. The number of rotatable bonds is 7. The molecule has 0 atom stereocenters. The number of hydrogen-bond donors (Lipinski definition) is 3. The molecule has 7 heteroatoms. The number of hydrogen-bond acceptors (Lipinski definition) is 4. The van der Waals surface area contributed by atoms with E-state index in [1.807, 2.05) is 49.4 Å². The zero-order valence-corrected chi connectivity index (χ0v) is 17.2. The standard InChI is InChI=1S/C24H24N4O3/c1-17-9-11-18(12-10-17)16-27-22(29)20-7-2-3-8-21(20)28-24(31)23(30)26-15-13-19-6-4-5-14-25-19/h2-12,14H,13,15-16H2,1H3,(H,26,30)(H,27,29)(H,28,31). The van der Waals surface area contributed by atoms with E-state index in [1.54, 1.807) is 30.5 Å². The molecule has 0 aliphatic heterocycles. The minimum atomic E-state index is -0.834. The Hall–Kier alpha value is -4.00. The summed E-state index contributed by atoms with van der Waals surface area (Å²) in [6, 6.07) is 19.9. The molecule has 3 N–H and O–H groups in total. The van der Waals surface area contributed by atoms with E-state index in [-0.39, 0.29) is 23.7 Å². The third-order valence-corrected chi connectivity index (χ3v) is 4.59. The Bertz CT molecular complexity index is 1050. The molecule has 31 heavy (non-hydrogen) atoms. The first-order chi connectivity index (χ1) is 15.0. The molecule has 7 nitrogen and oxygen atoms in total. The molecule has 3 aromatic rings. The van der Waals surface area contributed by atoms with Gasteiger partial charge in [-0.15, -0.1) is 0 Å². The van der Waals surface area contributed by atoms with E-state index in [2.05, 4.69) is 20.9 Å². The van der Waals surface area contributed by atoms with Gasteiger partial charge in [-0.25, -0.2) is 0 Å². The maximum Gasteiger partial charge on any atom is 0.313 e. The predicted octanol–water partition coefficient (Wildman–Crippen LogP) is 2.62. The zero-order valence-electron chi connectivity index (χ0n) is 17.2. The van der Waals surface area contributed by atoms with E-state index in [0.717, 1.165) is 16.8 Å². The van der Waals surface area contributed by atoms with Gasteiger partial charge in [-0.3, -0.25) is 19.4 Å². The number of carbonyl (C=O) groups excluding carboxylic acids is 3. The minimum Gasteiger partial charge on any atom is -0.348 e. The van der Waals surface area contributed by atoms with Gasteiger partial charge in [-0.1, -0.05) is 48.0 Å². The van der Waals surface area contributed by atoms with E-state index in [1.165, 1.54) is 0 Å². The number of nitrogens with zero attached hydrogens (tertiary/aromatic N) is 1. The van der Waals surface area contributed by atoms with Crippen LogP contribution in [-0.2, 0) is 22.6 Å². The van der Waals surface area contributed by atoms with Gasteiger partial charge in [0.05, 0.1) is 11.3 Å². The van der Waals surface area contributed by atoms with E-state index in [0.29, 0.717) is 13.0 Å². The molecule has 0 saturated carbocycles. The molecular formula is C24H24N4O3. The average molecular weight is 416 g/mol. The van der Waals surface area contributed by atoms with Crippen molar-refractivity contribution in [2.24, 2.45) is 0 Å². The van der Waals surface area contributed by atoms with Crippen molar-refractivity contribution in [1.82, 2.24) is 15.6 Å². The lowest BCUT2D eigenvalue weighted by Crippen LogP contribution is -2.37. The van der Waals surface area contributed by atoms with Gasteiger partial charge in [0, 0.05) is 31.4 Å². The number of benzene rings is 2. The normalized spacial score (nSPS) is 10.2. The Balaban J connectivity index is 1.54. The topological polar surface area (TPSA) is 100 Å². The molecule has 0 spiro atoms. The number of carbonyl (C=O) groups is 3. The molecule has 0 bridgehead atoms. The van der Waals surface area contributed by atoms with Gasteiger partial charge < -0.3 is 16.0 Å². The summed E-state index contributed by atoms with van der Waals surface area (Å²) in [6.45, 7) is 2.63. The van der Waals surface area contributed by atoms with Crippen LogP contribution in [0.2, 0.25) is 0 Å². The fourth-order valence-electron chi connectivity index (χ4n) is 2.88. The smallest absolute Gasteiger partial charge is 0.313 e. The Morgan fingerprint density at radius 1 is 0.839 bits per heavy atom. The van der Waals surface area contributed by atoms with Crippen LogP contribution >= 0.6 is 0 Å². The lowest BCUT2D eigenvalue weighted by Gasteiger charge is -2.12. The van der Waals surface area contributed by atoms with Gasteiger partial charge in [0.25, 0.3) is 5.91 Å². The number of aryl methyl sites for hydroxylation is 1. The summed E-state index contributed by atoms with van der Waals surface area (Å²) in [5.41, 5.74) is 3.48. The van der Waals surface area contributed by atoms with Crippen LogP contribution in [0.4, 0.5) is 5.69 Å². The number of amides is 3. The van der Waals surface area contributed by atoms with Crippen LogP contribution in [0.15, 0.2) is 72.9 Å². The Kier molecular flexibility index (Phi) is 7.48. The van der Waals surface area contributed by atoms with Crippen molar-refractivity contribution in [2.45, 2.75) is 19.9 Å². The molecular weight excluding hydrogens is 392 g/mol. The van der Waals surface area contributed by atoms with Crippen molar-refractivity contribution in [3.63, 3.8) is 0 Å². The van der Waals surface area contributed by atoms with Crippen LogP contribution in [0.5, 0.6) is 0 Å². The highest BCUT2D eigenvalue weighted by Gasteiger charge is 2.17. The Morgan fingerprint density at radius 2 is 1.58 bits per heavy atom. The minimum absolute atomic E-state index is 0.272. The number of para-hydroxylation sites is 1. The fourth-order valence-corrected chi connectivity index (χ4v) is 2.88. The predicted molar refractivity (Wildman–Crippen MR) is 118 cm³/mol. The van der Waals surface area contributed by atoms with Crippen molar-refractivity contribution in [3.05, 3.63) is 95.3 Å². The van der Waals surface area contributed by atoms with Crippen LogP contribution < -0.4 is 16.0 Å². The van der Waals surface area contributed by atoms with Crippen molar-refractivity contribution >= 4 is 23.4 Å². The van der Waals surface area contributed by atoms with E-state index < -0.39 is 11.8 Å². The van der Waals surface area contributed by atoms with Crippen LogP contribution in [0.1, 0.15) is 27.2 Å². The molecule has 0 aliphatic rings. The van der Waals surface area contributed by atoms with Crippen LogP contribution in [0, 0.1) is 6.92 Å². The van der Waals surface area contributed by atoms with Crippen molar-refractivity contribution in [1.29, 1.82) is 0 Å². The molecule has 2 aromatic carbocycles. The lowest BCUT2D eigenvalue weighted by atomic mass is 10.1. The fraction of sp³-hybridized carbons (Fsp3) is 0.167. The molecule has 0 radical (unpaired) electrons. The molecule has 3 rings (SSSR count). The van der Waals surface area contributed by atoms with Gasteiger partial charge in [0.1, 0.15) is 0 Å². The van der Waals surface area contributed by atoms with Gasteiger partial charge in [0.2, 0.25) is 0 Å². The summed E-state index contributed by atoms with van der Waals surface area (Å²) in [5, 5.41) is 7.91. The molecule has 0 fully saturated rings. The SMILES string of the molecule is Cc1ccc(CNC(=O)c2ccccc2NC(=O)C(=O)NCCc2ccccn2)cc1. The molecule has 1 heterocycles. The van der Waals surface area contributed by atoms with E-state index in [9.17, 15) is 14.4 Å². The van der Waals surface area contributed by atoms with Crippen molar-refractivity contribution < 1.29 is 14.4 Å². The summed E-state index contributed by atoms with van der Waals surface area (Å²) < 4.78 is 0. The zero-order chi connectivity index (χ0) is 22.1. The highest BCUT2D eigenvalue weighted by Crippen LogP contribution is 2.15. The molecule has 0 unspecified atom stereocenters. The quantitative estimate of drug-likeness (QED) is 0.516. The summed E-state index contributed by atoms with van der Waals surface area (Å²) in [6.07, 6.45) is 2.18. The maximum atomic E-state index is 12.6. The number of aromatic nitrogens is 1. The molecule has 158 valence electrons. The van der Waals surface area contributed by atoms with Gasteiger partial charge in [-0.05, 0) is 36.8 Å². The van der Waals surface area contributed by atoms with Gasteiger partial charge in [-0.2, -0.15) is 0 Å². The number of nitrogens with one attached hydrogen (secondary N) is 3. The Labute approximate surface area is 180 Å². The van der Waals surface area contributed by atoms with Crippen LogP contribution in [-0.4, -0.2) is 29.3 Å². The first kappa shape index (κ1) is 21.7. The van der Waals surface area contributed by atoms with E-state index in [4.69, 9.17) is 0 Å². The second-order valence-electron chi connectivity index (χ2n) is 6.99. The van der Waals surface area contributed by atoms with Crippen molar-refractivity contribution in [2.75, 3.05) is 11.9 Å². The second-order valence-corrected chi connectivity index (χ2v) is 6.99. The van der Waals surface area contributed by atoms with Crippen molar-refractivity contribution in [3.8, 4) is 0 Å². The third-order valence-electron chi connectivity index (χ3n) is 4.59. The maximum absolute atomic E-state index is 12.6. The molecule has 0 aliphatic carbocycles. The second kappa shape index (κ2) is 10.7. The Morgan fingerprint density at radius 3 is 2.32 bits per heavy atom. The first-order valence-corrected chi connectivity index (χ1v) is 9.95. The first-order valence-electron chi connectivity index (χ1n) is 9.95.